The van der Waals surface area contributed by atoms with Gasteiger partial charge in [-0.05, 0) is 57.1 Å². The number of H-pyrrole nitrogens is 1. The molecule has 0 radical (unpaired) electrons. The average Bonchev–Trinajstić information content (AvgIpc) is 2.98. The molecule has 0 bridgehead atoms. The number of nitrogens with two attached hydrogens (primary N) is 1. The minimum Gasteiger partial charge on any atom is -0.369 e. The van der Waals surface area contributed by atoms with Crippen molar-refractivity contribution in [2.45, 2.75) is 52.0 Å². The van der Waals surface area contributed by atoms with Crippen molar-refractivity contribution >= 4 is 27.5 Å². The number of amides is 1. The van der Waals surface area contributed by atoms with Crippen molar-refractivity contribution in [3.8, 4) is 0 Å². The van der Waals surface area contributed by atoms with Crippen molar-refractivity contribution < 1.29 is 4.79 Å². The van der Waals surface area contributed by atoms with Crippen LogP contribution in [-0.2, 0) is 17.6 Å². The van der Waals surface area contributed by atoms with Crippen LogP contribution in [0.25, 0.3) is 10.2 Å². The third-order valence-corrected chi connectivity index (χ3v) is 7.13. The summed E-state index contributed by atoms with van der Waals surface area (Å²) in [6, 6.07) is -0.0349. The lowest BCUT2D eigenvalue weighted by Crippen LogP contribution is -2.42. The molecule has 6 nitrogen and oxygen atoms in total. The number of aromatic nitrogens is 2. The molecule has 3 atom stereocenters. The Hall–Kier alpha value is -1.73. The van der Waals surface area contributed by atoms with E-state index in [-0.39, 0.29) is 23.4 Å². The van der Waals surface area contributed by atoms with Crippen LogP contribution < -0.4 is 11.3 Å². The number of piperidine rings is 1. The molecule has 140 valence electrons. The van der Waals surface area contributed by atoms with E-state index in [4.69, 9.17) is 10.7 Å². The molecule has 1 saturated heterocycles. The van der Waals surface area contributed by atoms with Gasteiger partial charge in [0.2, 0.25) is 5.91 Å². The summed E-state index contributed by atoms with van der Waals surface area (Å²) in [4.78, 5) is 36.6. The number of likely N-dealkylation sites (tertiary alicyclic amines) is 1. The van der Waals surface area contributed by atoms with Crippen molar-refractivity contribution in [1.29, 1.82) is 0 Å². The molecule has 1 aliphatic heterocycles. The predicted molar refractivity (Wildman–Crippen MR) is 103 cm³/mol. The third-order valence-electron chi connectivity index (χ3n) is 5.98. The van der Waals surface area contributed by atoms with E-state index in [1.165, 1.54) is 10.4 Å². The maximum atomic E-state index is 12.8. The van der Waals surface area contributed by atoms with Gasteiger partial charge in [0.25, 0.3) is 5.56 Å². The largest absolute Gasteiger partial charge is 0.369 e. The number of hydrogen-bond donors (Lipinski definition) is 2. The molecule has 0 aromatic carbocycles. The van der Waals surface area contributed by atoms with Gasteiger partial charge in [-0.2, -0.15) is 0 Å². The Kier molecular flexibility index (Phi) is 4.61. The summed E-state index contributed by atoms with van der Waals surface area (Å²) in [7, 11) is 0. The minimum absolute atomic E-state index is 0.0210. The molecule has 1 fully saturated rings. The van der Waals surface area contributed by atoms with Gasteiger partial charge in [-0.3, -0.25) is 14.5 Å². The van der Waals surface area contributed by atoms with E-state index in [2.05, 4.69) is 16.8 Å². The molecule has 1 amide bonds. The maximum absolute atomic E-state index is 12.8. The fraction of sp³-hybridized carbons (Fsp3) is 0.632. The third kappa shape index (κ3) is 3.07. The summed E-state index contributed by atoms with van der Waals surface area (Å²) in [5.74, 6) is 1.02. The number of nitrogens with zero attached hydrogens (tertiary/aromatic N) is 2. The molecule has 0 unspecified atom stereocenters. The number of carbonyl (C=O) groups is 1. The van der Waals surface area contributed by atoms with Crippen LogP contribution in [0.3, 0.4) is 0 Å². The van der Waals surface area contributed by atoms with E-state index in [0.29, 0.717) is 18.3 Å². The van der Waals surface area contributed by atoms with Crippen LogP contribution in [0, 0.1) is 11.8 Å². The fourth-order valence-corrected chi connectivity index (χ4v) is 5.72. The van der Waals surface area contributed by atoms with Crippen LogP contribution in [0.2, 0.25) is 0 Å². The molecule has 26 heavy (non-hydrogen) atoms. The van der Waals surface area contributed by atoms with Crippen LogP contribution in [0.15, 0.2) is 4.79 Å². The molecular weight excluding hydrogens is 348 g/mol. The van der Waals surface area contributed by atoms with Crippen molar-refractivity contribution in [2.75, 3.05) is 13.1 Å². The quantitative estimate of drug-likeness (QED) is 0.863. The summed E-state index contributed by atoms with van der Waals surface area (Å²) in [6.45, 7) is 5.84. The molecule has 4 rings (SSSR count). The number of aromatic amines is 1. The number of nitrogens with one attached hydrogen (secondary N) is 1. The second-order valence-electron chi connectivity index (χ2n) is 7.90. The standard InChI is InChI=1S/C19H26N4O2S/c1-10-5-6-13-14(8-10)26-19-15(13)18(25)21-17(22-19)11(2)23-7-3-4-12(9-23)16(20)24/h10-12H,3-9H2,1-2H3,(H2,20,24)(H,21,22,25)/t10-,11-,12+/m1/s1. The maximum Gasteiger partial charge on any atom is 0.259 e. The lowest BCUT2D eigenvalue weighted by atomic mass is 9.89. The molecular formula is C19H26N4O2S. The first kappa shape index (κ1) is 17.7. The first-order valence-electron chi connectivity index (χ1n) is 9.52. The molecule has 2 aliphatic rings. The van der Waals surface area contributed by atoms with Gasteiger partial charge in [0.1, 0.15) is 10.7 Å². The zero-order valence-corrected chi connectivity index (χ0v) is 16.2. The number of rotatable bonds is 3. The van der Waals surface area contributed by atoms with Crippen LogP contribution in [0.1, 0.15) is 55.4 Å². The van der Waals surface area contributed by atoms with Crippen molar-refractivity contribution in [1.82, 2.24) is 14.9 Å². The molecule has 3 N–H and O–H groups in total. The first-order valence-corrected chi connectivity index (χ1v) is 10.3. The molecule has 3 heterocycles. The number of primary amides is 1. The van der Waals surface area contributed by atoms with Crippen LogP contribution >= 0.6 is 11.3 Å². The van der Waals surface area contributed by atoms with Crippen molar-refractivity contribution in [3.05, 3.63) is 26.6 Å². The van der Waals surface area contributed by atoms with Crippen LogP contribution in [0.4, 0.5) is 0 Å². The number of hydrogen-bond acceptors (Lipinski definition) is 5. The summed E-state index contributed by atoms with van der Waals surface area (Å²) >= 11 is 1.68. The van der Waals surface area contributed by atoms with Crippen molar-refractivity contribution in [2.24, 2.45) is 17.6 Å². The Morgan fingerprint density at radius 3 is 3.00 bits per heavy atom. The normalized spacial score (nSPS) is 25.2. The van der Waals surface area contributed by atoms with E-state index in [1.807, 2.05) is 6.92 Å². The summed E-state index contributed by atoms with van der Waals surface area (Å²) in [5.41, 5.74) is 6.69. The Bertz CT molecular complexity index is 903. The molecule has 2 aromatic heterocycles. The molecule has 0 saturated carbocycles. The van der Waals surface area contributed by atoms with Gasteiger partial charge in [0, 0.05) is 11.4 Å². The minimum atomic E-state index is -0.237. The topological polar surface area (TPSA) is 92.1 Å². The van der Waals surface area contributed by atoms with Gasteiger partial charge < -0.3 is 10.7 Å². The molecule has 7 heteroatoms. The van der Waals surface area contributed by atoms with E-state index >= 15 is 0 Å². The second kappa shape index (κ2) is 6.78. The Balaban J connectivity index is 1.67. The second-order valence-corrected chi connectivity index (χ2v) is 8.98. The van der Waals surface area contributed by atoms with Gasteiger partial charge in [0.05, 0.1) is 17.3 Å². The van der Waals surface area contributed by atoms with Crippen LogP contribution in [0.5, 0.6) is 0 Å². The highest BCUT2D eigenvalue weighted by Crippen LogP contribution is 2.36. The molecule has 2 aromatic rings. The highest BCUT2D eigenvalue weighted by Gasteiger charge is 2.29. The highest BCUT2D eigenvalue weighted by atomic mass is 32.1. The molecule has 1 aliphatic carbocycles. The Morgan fingerprint density at radius 1 is 1.42 bits per heavy atom. The van der Waals surface area contributed by atoms with E-state index in [0.717, 1.165) is 48.9 Å². The monoisotopic (exact) mass is 374 g/mol. The lowest BCUT2D eigenvalue weighted by molar-refractivity contribution is -0.123. The smallest absolute Gasteiger partial charge is 0.259 e. The van der Waals surface area contributed by atoms with E-state index in [1.54, 1.807) is 11.3 Å². The lowest BCUT2D eigenvalue weighted by Gasteiger charge is -2.35. The molecule has 0 spiro atoms. The Labute approximate surface area is 156 Å². The van der Waals surface area contributed by atoms with Crippen LogP contribution in [-0.4, -0.2) is 33.9 Å². The highest BCUT2D eigenvalue weighted by molar-refractivity contribution is 7.18. The zero-order valence-electron chi connectivity index (χ0n) is 15.4. The van der Waals surface area contributed by atoms with Gasteiger partial charge in [-0.1, -0.05) is 6.92 Å². The average molecular weight is 375 g/mol. The zero-order chi connectivity index (χ0) is 18.4. The summed E-state index contributed by atoms with van der Waals surface area (Å²) < 4.78 is 0. The number of thiophene rings is 1. The fourth-order valence-electron chi connectivity index (χ4n) is 4.33. The number of aryl methyl sites for hydroxylation is 1. The van der Waals surface area contributed by atoms with E-state index in [9.17, 15) is 9.59 Å². The van der Waals surface area contributed by atoms with Gasteiger partial charge >= 0.3 is 0 Å². The SMILES string of the molecule is C[C@@H]1CCc2c(sc3nc([C@@H](C)N4CCC[C@H](C(N)=O)C4)[nH]c(=O)c23)C1. The van der Waals surface area contributed by atoms with Gasteiger partial charge in [-0.25, -0.2) is 4.98 Å². The summed E-state index contributed by atoms with van der Waals surface area (Å²) in [6.07, 6.45) is 4.95. The number of carbonyl (C=O) groups excluding carboxylic acids is 1. The predicted octanol–water partition coefficient (Wildman–Crippen LogP) is 2.37. The number of fused-ring (bicyclic) bond motifs is 3. The first-order chi connectivity index (χ1) is 12.4. The van der Waals surface area contributed by atoms with E-state index < -0.39 is 0 Å². The van der Waals surface area contributed by atoms with Crippen molar-refractivity contribution in [3.63, 3.8) is 0 Å². The Morgan fingerprint density at radius 2 is 2.23 bits per heavy atom. The van der Waals surface area contributed by atoms with Gasteiger partial charge in [-0.15, -0.1) is 11.3 Å². The van der Waals surface area contributed by atoms with Gasteiger partial charge in [0.15, 0.2) is 0 Å². The summed E-state index contributed by atoms with van der Waals surface area (Å²) in [5, 5.41) is 0.793.